The summed E-state index contributed by atoms with van der Waals surface area (Å²) in [6.45, 7) is 19.0. The van der Waals surface area contributed by atoms with Crippen molar-refractivity contribution >= 4 is 0 Å². The van der Waals surface area contributed by atoms with Crippen LogP contribution in [0, 0.1) is 0 Å². The zero-order chi connectivity index (χ0) is 20.6. The van der Waals surface area contributed by atoms with Crippen molar-refractivity contribution in [1.82, 2.24) is 0 Å². The molecule has 0 bridgehead atoms. The number of hydrogen-bond acceptors (Lipinski definition) is 2. The van der Waals surface area contributed by atoms with Gasteiger partial charge in [-0.3, -0.25) is 0 Å². The second-order valence-electron chi connectivity index (χ2n) is 8.83. The second-order valence-corrected chi connectivity index (χ2v) is 8.83. The van der Waals surface area contributed by atoms with Gasteiger partial charge in [0.25, 0.3) is 0 Å². The van der Waals surface area contributed by atoms with Crippen LogP contribution in [0.2, 0.25) is 0 Å². The van der Waals surface area contributed by atoms with Crippen molar-refractivity contribution in [2.75, 3.05) is 0 Å². The first-order chi connectivity index (χ1) is 12.5. The van der Waals surface area contributed by atoms with Gasteiger partial charge in [-0.15, -0.1) is 0 Å². The summed E-state index contributed by atoms with van der Waals surface area (Å²) in [5.74, 6) is 3.07. The van der Waals surface area contributed by atoms with Gasteiger partial charge >= 0.3 is 0 Å². The van der Waals surface area contributed by atoms with Crippen molar-refractivity contribution in [3.8, 4) is 11.5 Å². The van der Waals surface area contributed by atoms with Crippen LogP contribution in [0.25, 0.3) is 0 Å². The minimum Gasteiger partial charge on any atom is -0.491 e. The quantitative estimate of drug-likeness (QED) is 0.540. The number of hydrogen-bond donors (Lipinski definition) is 0. The van der Waals surface area contributed by atoms with Crippen LogP contribution in [0.3, 0.4) is 0 Å². The lowest BCUT2D eigenvalue weighted by atomic mass is 10.0. The van der Waals surface area contributed by atoms with E-state index in [2.05, 4.69) is 72.7 Å². The molecular weight excluding hydrogens is 332 g/mol. The van der Waals surface area contributed by atoms with Crippen LogP contribution in [0.4, 0.5) is 0 Å². The molecule has 0 saturated carbocycles. The van der Waals surface area contributed by atoms with E-state index in [0.717, 1.165) is 11.5 Å². The summed E-state index contributed by atoms with van der Waals surface area (Å²) in [5, 5.41) is 0. The summed E-state index contributed by atoms with van der Waals surface area (Å²) >= 11 is 0. The maximum Gasteiger partial charge on any atom is 0.120 e. The lowest BCUT2D eigenvalue weighted by molar-refractivity contribution is 0.131. The molecule has 0 amide bonds. The van der Waals surface area contributed by atoms with Gasteiger partial charge in [0.2, 0.25) is 0 Å². The second kappa shape index (κ2) is 10.4. The predicted molar refractivity (Wildman–Crippen MR) is 117 cm³/mol. The summed E-state index contributed by atoms with van der Waals surface area (Å²) < 4.78 is 11.3. The van der Waals surface area contributed by atoms with E-state index >= 15 is 0 Å². The summed E-state index contributed by atoms with van der Waals surface area (Å²) in [4.78, 5) is 0. The molecule has 0 aliphatic rings. The highest BCUT2D eigenvalue weighted by molar-refractivity contribution is 5.30. The van der Waals surface area contributed by atoms with Crippen LogP contribution in [-0.2, 0) is 0 Å². The Balaban J connectivity index is 0.000000271. The Hall–Kier alpha value is -1.96. The molecule has 0 saturated heterocycles. The normalized spacial score (nSPS) is 11.4. The van der Waals surface area contributed by atoms with E-state index in [9.17, 15) is 0 Å². The minimum atomic E-state index is -0.112. The van der Waals surface area contributed by atoms with Crippen LogP contribution >= 0.6 is 0 Å². The van der Waals surface area contributed by atoms with Crippen molar-refractivity contribution in [2.45, 2.75) is 85.9 Å². The van der Waals surface area contributed by atoms with Crippen LogP contribution in [0.1, 0.15) is 85.3 Å². The zero-order valence-electron chi connectivity index (χ0n) is 18.7. The van der Waals surface area contributed by atoms with Crippen LogP contribution < -0.4 is 9.47 Å². The molecule has 0 radical (unpaired) electrons. The lowest BCUT2D eigenvalue weighted by Crippen LogP contribution is -2.22. The maximum absolute atomic E-state index is 5.74. The van der Waals surface area contributed by atoms with Crippen LogP contribution in [-0.4, -0.2) is 11.7 Å². The van der Waals surface area contributed by atoms with E-state index < -0.39 is 0 Å². The lowest BCUT2D eigenvalue weighted by Gasteiger charge is -2.21. The van der Waals surface area contributed by atoms with Gasteiger partial charge < -0.3 is 9.47 Å². The van der Waals surface area contributed by atoms with Crippen molar-refractivity contribution in [3.63, 3.8) is 0 Å². The summed E-state index contributed by atoms with van der Waals surface area (Å²) in [5.41, 5.74) is 2.57. The van der Waals surface area contributed by atoms with Crippen molar-refractivity contribution in [1.29, 1.82) is 0 Å². The smallest absolute Gasteiger partial charge is 0.120 e. The molecule has 0 N–H and O–H groups in total. The molecule has 0 atom stereocenters. The molecule has 0 unspecified atom stereocenters. The standard InChI is InChI=1S/C13H20O.C12H18O/c1-10(2)11-6-8-12(9-7-11)14-13(3,4)5;1-9(2)11-6-5-7-12(8-11)13-10(3)4/h6-10H,1-5H3;5-10H,1-4H3. The first kappa shape index (κ1) is 23.1. The molecule has 0 heterocycles. The van der Waals surface area contributed by atoms with Gasteiger partial charge in [0.05, 0.1) is 6.10 Å². The molecule has 2 nitrogen and oxygen atoms in total. The fourth-order valence-corrected chi connectivity index (χ4v) is 2.49. The maximum atomic E-state index is 5.74. The fraction of sp³-hybridized carbons (Fsp3) is 0.520. The Morgan fingerprint density at radius 3 is 1.67 bits per heavy atom. The van der Waals surface area contributed by atoms with Gasteiger partial charge in [-0.1, -0.05) is 52.0 Å². The molecular formula is C25H38O2. The van der Waals surface area contributed by atoms with Gasteiger partial charge in [-0.05, 0) is 81.8 Å². The molecule has 2 aromatic carbocycles. The molecule has 2 rings (SSSR count). The van der Waals surface area contributed by atoms with Crippen molar-refractivity contribution < 1.29 is 9.47 Å². The summed E-state index contributed by atoms with van der Waals surface area (Å²) in [6, 6.07) is 16.7. The average molecular weight is 371 g/mol. The molecule has 0 aromatic heterocycles. The van der Waals surface area contributed by atoms with E-state index in [0.29, 0.717) is 11.8 Å². The topological polar surface area (TPSA) is 18.5 Å². The molecule has 150 valence electrons. The van der Waals surface area contributed by atoms with E-state index in [1.54, 1.807) is 0 Å². The number of ether oxygens (including phenoxy) is 2. The Bertz CT molecular complexity index is 661. The highest BCUT2D eigenvalue weighted by Gasteiger charge is 2.11. The predicted octanol–water partition coefficient (Wildman–Crippen LogP) is 7.58. The minimum absolute atomic E-state index is 0.112. The Morgan fingerprint density at radius 1 is 0.667 bits per heavy atom. The molecule has 2 heteroatoms. The van der Waals surface area contributed by atoms with Gasteiger partial charge in [0.15, 0.2) is 0 Å². The van der Waals surface area contributed by atoms with Gasteiger partial charge in [0.1, 0.15) is 17.1 Å². The Labute approximate surface area is 166 Å². The van der Waals surface area contributed by atoms with Crippen molar-refractivity contribution in [3.05, 3.63) is 59.7 Å². The van der Waals surface area contributed by atoms with Gasteiger partial charge in [-0.2, -0.15) is 0 Å². The third-order valence-corrected chi connectivity index (χ3v) is 3.87. The first-order valence-corrected chi connectivity index (χ1v) is 10.0. The van der Waals surface area contributed by atoms with Crippen LogP contribution in [0.15, 0.2) is 48.5 Å². The molecule has 2 aromatic rings. The third-order valence-electron chi connectivity index (χ3n) is 3.87. The van der Waals surface area contributed by atoms with E-state index in [1.807, 2.05) is 38.1 Å². The van der Waals surface area contributed by atoms with E-state index in [-0.39, 0.29) is 11.7 Å². The SMILES string of the molecule is CC(C)Oc1cccc(C(C)C)c1.CC(C)c1ccc(OC(C)(C)C)cc1. The van der Waals surface area contributed by atoms with E-state index in [1.165, 1.54) is 11.1 Å². The third kappa shape index (κ3) is 9.51. The largest absolute Gasteiger partial charge is 0.491 e. The van der Waals surface area contributed by atoms with Gasteiger partial charge in [-0.25, -0.2) is 0 Å². The monoisotopic (exact) mass is 370 g/mol. The zero-order valence-corrected chi connectivity index (χ0v) is 18.7. The number of rotatable bonds is 5. The van der Waals surface area contributed by atoms with E-state index in [4.69, 9.17) is 9.47 Å². The Kier molecular flexibility index (Phi) is 8.88. The molecule has 0 spiro atoms. The number of benzene rings is 2. The fourth-order valence-electron chi connectivity index (χ4n) is 2.49. The molecule has 0 aliphatic carbocycles. The van der Waals surface area contributed by atoms with Gasteiger partial charge in [0, 0.05) is 0 Å². The highest BCUT2D eigenvalue weighted by atomic mass is 16.5. The average Bonchev–Trinajstić information content (AvgIpc) is 2.54. The molecule has 27 heavy (non-hydrogen) atoms. The molecule has 0 fully saturated rings. The Morgan fingerprint density at radius 2 is 1.22 bits per heavy atom. The first-order valence-electron chi connectivity index (χ1n) is 10.0. The van der Waals surface area contributed by atoms with Crippen molar-refractivity contribution in [2.24, 2.45) is 0 Å². The summed E-state index contributed by atoms with van der Waals surface area (Å²) in [6.07, 6.45) is 0.252. The molecule has 0 aliphatic heterocycles. The summed E-state index contributed by atoms with van der Waals surface area (Å²) in [7, 11) is 0. The van der Waals surface area contributed by atoms with Crippen LogP contribution in [0.5, 0.6) is 11.5 Å². The highest BCUT2D eigenvalue weighted by Crippen LogP contribution is 2.22.